The first-order valence-electron chi connectivity index (χ1n) is 4.91. The quantitative estimate of drug-likeness (QED) is 0.835. The van der Waals surface area contributed by atoms with Crippen molar-refractivity contribution in [1.82, 2.24) is 0 Å². The minimum absolute atomic E-state index is 0.473. The van der Waals surface area contributed by atoms with Crippen LogP contribution in [-0.4, -0.2) is 24.2 Å². The topological polar surface area (TPSA) is 58.6 Å². The number of benzene rings is 1. The highest BCUT2D eigenvalue weighted by Gasteiger charge is 2.15. The van der Waals surface area contributed by atoms with E-state index in [1.165, 1.54) is 0 Å². The molecule has 0 saturated carbocycles. The molecule has 4 nitrogen and oxygen atoms in total. The minimum atomic E-state index is -0.901. The van der Waals surface area contributed by atoms with Crippen LogP contribution in [0.3, 0.4) is 0 Å². The molecule has 1 unspecified atom stereocenters. The normalized spacial score (nSPS) is 11.9. The minimum Gasteiger partial charge on any atom is -0.497 e. The van der Waals surface area contributed by atoms with E-state index in [1.807, 2.05) is 0 Å². The molecule has 1 aromatic rings. The summed E-state index contributed by atoms with van der Waals surface area (Å²) in [5.41, 5.74) is 0.565. The fourth-order valence-corrected chi connectivity index (χ4v) is 1.44. The van der Waals surface area contributed by atoms with E-state index in [2.05, 4.69) is 5.32 Å². The Kier molecular flexibility index (Phi) is 4.43. The van der Waals surface area contributed by atoms with E-state index in [-0.39, 0.29) is 0 Å². The number of hydrogen-bond acceptors (Lipinski definition) is 3. The number of rotatable bonds is 5. The van der Waals surface area contributed by atoms with Crippen LogP contribution in [0.25, 0.3) is 0 Å². The molecule has 0 fully saturated rings. The molecule has 0 aliphatic heterocycles. The van der Waals surface area contributed by atoms with Gasteiger partial charge in [-0.2, -0.15) is 0 Å². The van der Waals surface area contributed by atoms with Crippen LogP contribution in [0.15, 0.2) is 18.2 Å². The van der Waals surface area contributed by atoms with E-state index in [4.69, 9.17) is 21.4 Å². The summed E-state index contributed by atoms with van der Waals surface area (Å²) in [5.74, 6) is -0.270. The molecule has 88 valence electrons. The number of aliphatic carboxylic acids is 1. The Hall–Kier alpha value is -1.42. The zero-order valence-electron chi connectivity index (χ0n) is 9.16. The van der Waals surface area contributed by atoms with Gasteiger partial charge < -0.3 is 15.2 Å². The molecule has 1 atom stereocenters. The zero-order chi connectivity index (χ0) is 12.1. The molecule has 0 heterocycles. The lowest BCUT2D eigenvalue weighted by atomic mass is 10.2. The lowest BCUT2D eigenvalue weighted by Crippen LogP contribution is -2.28. The lowest BCUT2D eigenvalue weighted by molar-refractivity contribution is -0.137. The van der Waals surface area contributed by atoms with Crippen molar-refractivity contribution in [3.8, 4) is 5.75 Å². The average molecular weight is 244 g/mol. The van der Waals surface area contributed by atoms with Crippen molar-refractivity contribution in [2.75, 3.05) is 12.4 Å². The monoisotopic (exact) mass is 243 g/mol. The smallest absolute Gasteiger partial charge is 0.326 e. The molecule has 0 spiro atoms. The molecular weight excluding hydrogens is 230 g/mol. The van der Waals surface area contributed by atoms with Gasteiger partial charge in [0.2, 0.25) is 0 Å². The number of methoxy groups -OCH3 is 1. The molecule has 0 bridgehead atoms. The number of anilines is 1. The van der Waals surface area contributed by atoms with Gasteiger partial charge >= 0.3 is 5.97 Å². The summed E-state index contributed by atoms with van der Waals surface area (Å²) in [5, 5.41) is 12.2. The molecule has 0 radical (unpaired) electrons. The average Bonchev–Trinajstić information content (AvgIpc) is 2.27. The van der Waals surface area contributed by atoms with Crippen molar-refractivity contribution in [3.05, 3.63) is 23.2 Å². The number of carbonyl (C=O) groups is 1. The van der Waals surface area contributed by atoms with Gasteiger partial charge in [0.05, 0.1) is 17.8 Å². The van der Waals surface area contributed by atoms with E-state index >= 15 is 0 Å². The Morgan fingerprint density at radius 1 is 1.62 bits per heavy atom. The highest BCUT2D eigenvalue weighted by atomic mass is 35.5. The summed E-state index contributed by atoms with van der Waals surface area (Å²) in [6.45, 7) is 1.79. The second-order valence-electron chi connectivity index (χ2n) is 3.29. The predicted octanol–water partition coefficient (Wildman–Crippen LogP) is 2.62. The first-order chi connectivity index (χ1) is 7.58. The molecule has 0 amide bonds. The van der Waals surface area contributed by atoms with Crippen molar-refractivity contribution >= 4 is 23.3 Å². The molecule has 0 saturated heterocycles. The first-order valence-corrected chi connectivity index (χ1v) is 5.29. The number of nitrogens with one attached hydrogen (secondary N) is 1. The van der Waals surface area contributed by atoms with Crippen LogP contribution in [0.1, 0.15) is 13.3 Å². The van der Waals surface area contributed by atoms with Gasteiger partial charge in [0, 0.05) is 6.07 Å². The number of carboxylic acid groups (broad SMARTS) is 1. The number of ether oxygens (including phenoxy) is 1. The molecule has 1 rings (SSSR count). The molecule has 16 heavy (non-hydrogen) atoms. The Balaban J connectivity index is 2.90. The van der Waals surface area contributed by atoms with Crippen molar-refractivity contribution in [1.29, 1.82) is 0 Å². The van der Waals surface area contributed by atoms with Gasteiger partial charge in [0.15, 0.2) is 0 Å². The Morgan fingerprint density at radius 3 is 2.81 bits per heavy atom. The maximum atomic E-state index is 10.9. The maximum absolute atomic E-state index is 10.9. The number of halogens is 1. The second-order valence-corrected chi connectivity index (χ2v) is 3.70. The molecule has 2 N–H and O–H groups in total. The van der Waals surface area contributed by atoms with Crippen LogP contribution >= 0.6 is 11.6 Å². The van der Waals surface area contributed by atoms with Crippen LogP contribution < -0.4 is 10.1 Å². The standard InChI is InChI=1S/C11H14ClNO3/c1-3-9(11(14)15)13-10-6-7(16-2)4-5-8(10)12/h4-6,9,13H,3H2,1-2H3,(H,14,15). The second kappa shape index (κ2) is 5.61. The van der Waals surface area contributed by atoms with Crippen LogP contribution in [0.2, 0.25) is 5.02 Å². The summed E-state index contributed by atoms with van der Waals surface area (Å²) in [6.07, 6.45) is 0.475. The predicted molar refractivity (Wildman–Crippen MR) is 63.3 cm³/mol. The third-order valence-electron chi connectivity index (χ3n) is 2.21. The highest BCUT2D eigenvalue weighted by Crippen LogP contribution is 2.27. The fourth-order valence-electron chi connectivity index (χ4n) is 1.27. The van der Waals surface area contributed by atoms with Gasteiger partial charge in [-0.3, -0.25) is 0 Å². The third kappa shape index (κ3) is 3.03. The first kappa shape index (κ1) is 12.6. The SMILES string of the molecule is CCC(Nc1cc(OC)ccc1Cl)C(=O)O. The van der Waals surface area contributed by atoms with Gasteiger partial charge in [-0.25, -0.2) is 4.79 Å². The van der Waals surface area contributed by atoms with Crippen LogP contribution in [0.5, 0.6) is 5.75 Å². The van der Waals surface area contributed by atoms with Crippen LogP contribution in [0.4, 0.5) is 5.69 Å². The van der Waals surface area contributed by atoms with E-state index < -0.39 is 12.0 Å². The Morgan fingerprint density at radius 2 is 2.31 bits per heavy atom. The highest BCUT2D eigenvalue weighted by molar-refractivity contribution is 6.33. The summed E-state index contributed by atoms with van der Waals surface area (Å²) >= 11 is 5.95. The molecule has 0 aliphatic rings. The van der Waals surface area contributed by atoms with Gasteiger partial charge in [-0.15, -0.1) is 0 Å². The van der Waals surface area contributed by atoms with Crippen molar-refractivity contribution in [3.63, 3.8) is 0 Å². The molecule has 0 aromatic heterocycles. The summed E-state index contributed by atoms with van der Waals surface area (Å²) in [6, 6.07) is 4.41. The lowest BCUT2D eigenvalue weighted by Gasteiger charge is -2.15. The van der Waals surface area contributed by atoms with Gasteiger partial charge in [-0.1, -0.05) is 18.5 Å². The van der Waals surface area contributed by atoms with E-state index in [0.717, 1.165) is 0 Å². The van der Waals surface area contributed by atoms with Gasteiger partial charge in [0.25, 0.3) is 0 Å². The van der Waals surface area contributed by atoms with Gasteiger partial charge in [0.1, 0.15) is 11.8 Å². The van der Waals surface area contributed by atoms with Crippen molar-refractivity contribution < 1.29 is 14.6 Å². The third-order valence-corrected chi connectivity index (χ3v) is 2.54. The number of hydrogen-bond donors (Lipinski definition) is 2. The molecule has 0 aliphatic carbocycles. The fraction of sp³-hybridized carbons (Fsp3) is 0.364. The van der Waals surface area contributed by atoms with Crippen LogP contribution in [0, 0.1) is 0 Å². The van der Waals surface area contributed by atoms with Gasteiger partial charge in [-0.05, 0) is 18.6 Å². The summed E-state index contributed by atoms with van der Waals surface area (Å²) < 4.78 is 5.04. The Labute approximate surface area is 99.2 Å². The molecule has 5 heteroatoms. The zero-order valence-corrected chi connectivity index (χ0v) is 9.91. The molecule has 1 aromatic carbocycles. The maximum Gasteiger partial charge on any atom is 0.326 e. The van der Waals surface area contributed by atoms with Crippen LogP contribution in [-0.2, 0) is 4.79 Å². The van der Waals surface area contributed by atoms with E-state index in [0.29, 0.717) is 22.9 Å². The van der Waals surface area contributed by atoms with Crippen molar-refractivity contribution in [2.45, 2.75) is 19.4 Å². The van der Waals surface area contributed by atoms with E-state index in [1.54, 1.807) is 32.2 Å². The largest absolute Gasteiger partial charge is 0.497 e. The van der Waals surface area contributed by atoms with E-state index in [9.17, 15) is 4.79 Å². The summed E-state index contributed by atoms with van der Waals surface area (Å²) in [7, 11) is 1.54. The Bertz CT molecular complexity index is 381. The molecular formula is C11H14ClNO3. The number of carboxylic acids is 1. The van der Waals surface area contributed by atoms with Crippen molar-refractivity contribution in [2.24, 2.45) is 0 Å². The summed E-state index contributed by atoms with van der Waals surface area (Å²) in [4.78, 5) is 10.9.